The van der Waals surface area contributed by atoms with E-state index in [9.17, 15) is 0 Å². The minimum absolute atomic E-state index is 0. The van der Waals surface area contributed by atoms with E-state index < -0.39 is 0 Å². The Morgan fingerprint density at radius 2 is 1.09 bits per heavy atom. The van der Waals surface area contributed by atoms with Crippen LogP contribution in [-0.2, 0) is 17.1 Å². The summed E-state index contributed by atoms with van der Waals surface area (Å²) < 4.78 is 0. The van der Waals surface area contributed by atoms with E-state index in [2.05, 4.69) is 27.7 Å². The second-order valence-electron chi connectivity index (χ2n) is 1.71. The molecule has 1 nitrogen and oxygen atoms in total. The molecular weight excluding hydrogens is 186 g/mol. The zero-order chi connectivity index (χ0) is 8.83. The number of hydrogen-bond acceptors (Lipinski definition) is 1. The summed E-state index contributed by atoms with van der Waals surface area (Å²) in [5.41, 5.74) is 0. The van der Waals surface area contributed by atoms with Crippen LogP contribution in [0.15, 0.2) is 0 Å². The van der Waals surface area contributed by atoms with Crippen LogP contribution in [0.5, 0.6) is 0 Å². The molecule has 73 valence electrons. The Morgan fingerprint density at radius 1 is 1.00 bits per heavy atom. The van der Waals surface area contributed by atoms with Crippen molar-refractivity contribution in [1.82, 2.24) is 0 Å². The Bertz CT molecular complexity index is 36.1. The minimum atomic E-state index is 0. The summed E-state index contributed by atoms with van der Waals surface area (Å²) in [7, 11) is 0. The maximum absolute atomic E-state index is 6.25. The van der Waals surface area contributed by atoms with Crippen molar-refractivity contribution in [1.29, 1.82) is 5.26 Å². The molecule has 0 aliphatic carbocycles. The van der Waals surface area contributed by atoms with Crippen LogP contribution in [0, 0.1) is 25.7 Å². The van der Waals surface area contributed by atoms with Crippen molar-refractivity contribution in [2.24, 2.45) is 0 Å². The number of unbranched alkanes of at least 4 members (excludes halogenated alkanes) is 2. The predicted octanol–water partition coefficient (Wildman–Crippen LogP) is 3.34. The van der Waals surface area contributed by atoms with Gasteiger partial charge in [0.2, 0.25) is 0 Å². The molecule has 0 heterocycles. The van der Waals surface area contributed by atoms with Gasteiger partial charge in [0.15, 0.2) is 0 Å². The minimum Gasteiger partial charge on any atom is -0.512 e. The molecular formula is C9H18CuN-3. The standard InChI is InChI=1S/2C4H9.CN.Cu/c2*1-3-4-2;1-2;/h2*1,3-4H2,2H3;;/q3*-1;. The van der Waals surface area contributed by atoms with Crippen molar-refractivity contribution in [2.75, 3.05) is 0 Å². The van der Waals surface area contributed by atoms with Crippen LogP contribution in [0.2, 0.25) is 0 Å². The van der Waals surface area contributed by atoms with E-state index in [1.54, 1.807) is 0 Å². The van der Waals surface area contributed by atoms with Gasteiger partial charge in [-0.05, 0) is 0 Å². The second-order valence-corrected chi connectivity index (χ2v) is 1.71. The molecule has 0 saturated heterocycles. The van der Waals surface area contributed by atoms with Gasteiger partial charge in [-0.15, -0.1) is 0 Å². The molecule has 0 unspecified atom stereocenters. The van der Waals surface area contributed by atoms with Crippen LogP contribution < -0.4 is 0 Å². The summed E-state index contributed by atoms with van der Waals surface area (Å²) in [5.74, 6) is 0. The predicted molar refractivity (Wildman–Crippen MR) is 45.5 cm³/mol. The van der Waals surface area contributed by atoms with E-state index in [4.69, 9.17) is 11.8 Å². The van der Waals surface area contributed by atoms with Gasteiger partial charge >= 0.3 is 0 Å². The summed E-state index contributed by atoms with van der Waals surface area (Å²) in [4.78, 5) is 0. The van der Waals surface area contributed by atoms with Crippen LogP contribution in [0.4, 0.5) is 0 Å². The fourth-order valence-electron chi connectivity index (χ4n) is 0. The first kappa shape index (κ1) is 22.5. The number of nitrogens with zero attached hydrogens (tertiary/aromatic N) is 1. The van der Waals surface area contributed by atoms with Crippen LogP contribution in [0.3, 0.4) is 0 Å². The third-order valence-corrected chi connectivity index (χ3v) is 0.707. The molecule has 11 heavy (non-hydrogen) atoms. The molecule has 0 bridgehead atoms. The Hall–Kier alpha value is 0.00948. The largest absolute Gasteiger partial charge is 0.512 e. The summed E-state index contributed by atoms with van der Waals surface area (Å²) in [6.07, 6.45) is 4.56. The molecule has 0 spiro atoms. The van der Waals surface area contributed by atoms with Crippen molar-refractivity contribution in [3.05, 3.63) is 20.4 Å². The van der Waals surface area contributed by atoms with Gasteiger partial charge in [0, 0.05) is 17.1 Å². The number of hydrogen-bond donors (Lipinski definition) is 0. The molecule has 0 aromatic rings. The van der Waals surface area contributed by atoms with Crippen LogP contribution >= 0.6 is 0 Å². The second kappa shape index (κ2) is 50.5. The van der Waals surface area contributed by atoms with Crippen molar-refractivity contribution in [3.63, 3.8) is 0 Å². The van der Waals surface area contributed by atoms with E-state index in [1.807, 2.05) is 0 Å². The van der Waals surface area contributed by atoms with Gasteiger partial charge in [0.1, 0.15) is 0 Å². The van der Waals surface area contributed by atoms with Crippen LogP contribution in [0.1, 0.15) is 39.5 Å². The zero-order valence-electron chi connectivity index (χ0n) is 7.49. The van der Waals surface area contributed by atoms with E-state index in [0.717, 1.165) is 12.8 Å². The van der Waals surface area contributed by atoms with Crippen molar-refractivity contribution in [2.45, 2.75) is 39.5 Å². The third-order valence-electron chi connectivity index (χ3n) is 0.707. The van der Waals surface area contributed by atoms with Gasteiger partial charge in [0.05, 0.1) is 0 Å². The first-order valence-electron chi connectivity index (χ1n) is 3.64. The molecule has 0 fully saturated rings. The summed E-state index contributed by atoms with van der Waals surface area (Å²) in [6, 6.07) is 0. The Kier molecular flexibility index (Phi) is 103. The summed E-state index contributed by atoms with van der Waals surface area (Å²) in [6.45, 7) is 16.2. The Morgan fingerprint density at radius 3 is 1.09 bits per heavy atom. The molecule has 0 amide bonds. The van der Waals surface area contributed by atoms with Crippen LogP contribution in [0.25, 0.3) is 0 Å². The van der Waals surface area contributed by atoms with E-state index in [1.165, 1.54) is 12.8 Å². The van der Waals surface area contributed by atoms with Gasteiger partial charge in [-0.1, -0.05) is 26.7 Å². The molecule has 0 rings (SSSR count). The van der Waals surface area contributed by atoms with E-state index >= 15 is 0 Å². The topological polar surface area (TPSA) is 23.8 Å². The molecule has 2 heteroatoms. The Labute approximate surface area is 82.7 Å². The zero-order valence-corrected chi connectivity index (χ0v) is 8.43. The van der Waals surface area contributed by atoms with Gasteiger partial charge in [-0.2, -0.15) is 12.8 Å². The van der Waals surface area contributed by atoms with E-state index in [0.29, 0.717) is 0 Å². The monoisotopic (exact) mass is 203 g/mol. The molecule has 0 saturated carbocycles. The quantitative estimate of drug-likeness (QED) is 0.499. The molecule has 1 radical (unpaired) electrons. The maximum Gasteiger partial charge on any atom is 0 e. The number of rotatable bonds is 2. The fraction of sp³-hybridized carbons (Fsp3) is 0.667. The van der Waals surface area contributed by atoms with Gasteiger partial charge in [-0.3, -0.25) is 0 Å². The maximum atomic E-state index is 6.25. The van der Waals surface area contributed by atoms with Crippen LogP contribution in [-0.4, -0.2) is 0 Å². The van der Waals surface area contributed by atoms with Gasteiger partial charge in [0.25, 0.3) is 0 Å². The first-order chi connectivity index (χ1) is 4.83. The summed E-state index contributed by atoms with van der Waals surface area (Å²) in [5, 5.41) is 6.25. The molecule has 0 aromatic heterocycles. The molecule has 0 aliphatic heterocycles. The van der Waals surface area contributed by atoms with E-state index in [-0.39, 0.29) is 17.1 Å². The molecule has 0 atom stereocenters. The summed E-state index contributed by atoms with van der Waals surface area (Å²) >= 11 is 0. The SMILES string of the molecule is [C-]#N.[CH2-]CCC.[CH2-]CCC.[Cu]. The first-order valence-corrected chi connectivity index (χ1v) is 3.64. The average Bonchev–Trinajstić information content (AvgIpc) is 2.08. The Balaban J connectivity index is -0.0000000339. The third kappa shape index (κ3) is 159. The smallest absolute Gasteiger partial charge is 0 e. The molecule has 0 aromatic carbocycles. The van der Waals surface area contributed by atoms with Crippen molar-refractivity contribution >= 4 is 0 Å². The molecule has 0 N–H and O–H groups in total. The van der Waals surface area contributed by atoms with Gasteiger partial charge in [-0.25, -0.2) is 0 Å². The fourth-order valence-corrected chi connectivity index (χ4v) is 0. The molecule has 0 aliphatic rings. The average molecular weight is 204 g/mol. The van der Waals surface area contributed by atoms with Gasteiger partial charge < -0.3 is 25.7 Å². The normalized spacial score (nSPS) is 5.64. The van der Waals surface area contributed by atoms with Crippen molar-refractivity contribution < 1.29 is 17.1 Å². The van der Waals surface area contributed by atoms with Crippen molar-refractivity contribution in [3.8, 4) is 0 Å².